The van der Waals surface area contributed by atoms with Crippen molar-refractivity contribution in [1.82, 2.24) is 0 Å². The van der Waals surface area contributed by atoms with E-state index in [9.17, 15) is 4.79 Å². The summed E-state index contributed by atoms with van der Waals surface area (Å²) in [6.07, 6.45) is 1.69. The molecule has 0 aromatic heterocycles. The molecule has 0 heterocycles. The summed E-state index contributed by atoms with van der Waals surface area (Å²) in [6.45, 7) is 3.85. The molecule has 0 aliphatic rings. The minimum absolute atomic E-state index is 0.227. The molecular formula is C14H14ClNO. The number of allylic oxidation sites excluding steroid dienone is 2. The molecule has 17 heavy (non-hydrogen) atoms. The minimum atomic E-state index is -0.227. The average Bonchev–Trinajstić information content (AvgIpc) is 2.31. The molecule has 1 aromatic carbocycles. The van der Waals surface area contributed by atoms with Gasteiger partial charge in [-0.2, -0.15) is 5.26 Å². The highest BCUT2D eigenvalue weighted by Crippen LogP contribution is 2.17. The van der Waals surface area contributed by atoms with E-state index in [-0.39, 0.29) is 11.4 Å². The second-order valence-corrected chi connectivity index (χ2v) is 4.29. The van der Waals surface area contributed by atoms with E-state index in [0.717, 1.165) is 18.4 Å². The standard InChI is InChI=1S/C14H14ClNO/c1-3-4-10(2)13(9-16)14(17)11-5-7-12(15)8-6-11/h5-8H,3-4H2,1-2H3/b13-10+. The quantitative estimate of drug-likeness (QED) is 0.455. The molecule has 0 fully saturated rings. The van der Waals surface area contributed by atoms with Crippen molar-refractivity contribution in [3.8, 4) is 6.07 Å². The Labute approximate surface area is 107 Å². The fourth-order valence-electron chi connectivity index (χ4n) is 1.59. The van der Waals surface area contributed by atoms with Crippen LogP contribution in [0.4, 0.5) is 0 Å². The van der Waals surface area contributed by atoms with Gasteiger partial charge in [0.05, 0.1) is 5.57 Å². The molecule has 0 aliphatic carbocycles. The third-order valence-electron chi connectivity index (χ3n) is 2.50. The fraction of sp³-hybridized carbons (Fsp3) is 0.286. The van der Waals surface area contributed by atoms with Gasteiger partial charge in [0.15, 0.2) is 0 Å². The van der Waals surface area contributed by atoms with Crippen molar-refractivity contribution in [2.45, 2.75) is 26.7 Å². The van der Waals surface area contributed by atoms with Gasteiger partial charge in [0.1, 0.15) is 6.07 Å². The number of benzene rings is 1. The molecule has 0 spiro atoms. The molecule has 1 aromatic rings. The Bertz CT molecular complexity index is 480. The number of halogens is 1. The molecule has 0 saturated heterocycles. The summed E-state index contributed by atoms with van der Waals surface area (Å²) < 4.78 is 0. The highest BCUT2D eigenvalue weighted by atomic mass is 35.5. The molecule has 0 bridgehead atoms. The van der Waals surface area contributed by atoms with E-state index in [1.54, 1.807) is 24.3 Å². The van der Waals surface area contributed by atoms with Crippen molar-refractivity contribution in [3.63, 3.8) is 0 Å². The number of Topliss-reactive ketones (excluding diaryl/α,β-unsaturated/α-hetero) is 1. The number of rotatable bonds is 4. The molecular weight excluding hydrogens is 234 g/mol. The maximum atomic E-state index is 12.1. The zero-order valence-electron chi connectivity index (χ0n) is 9.96. The lowest BCUT2D eigenvalue weighted by Gasteiger charge is -2.04. The van der Waals surface area contributed by atoms with Crippen LogP contribution >= 0.6 is 11.6 Å². The molecule has 0 amide bonds. The molecule has 0 N–H and O–H groups in total. The number of hydrogen-bond donors (Lipinski definition) is 0. The zero-order valence-corrected chi connectivity index (χ0v) is 10.7. The Hall–Kier alpha value is -1.59. The van der Waals surface area contributed by atoms with Crippen LogP contribution in [0.5, 0.6) is 0 Å². The van der Waals surface area contributed by atoms with Crippen LogP contribution in [0.2, 0.25) is 5.02 Å². The third-order valence-corrected chi connectivity index (χ3v) is 2.75. The van der Waals surface area contributed by atoms with E-state index in [4.69, 9.17) is 16.9 Å². The lowest BCUT2D eigenvalue weighted by atomic mass is 9.98. The highest BCUT2D eigenvalue weighted by Gasteiger charge is 2.14. The van der Waals surface area contributed by atoms with Crippen LogP contribution < -0.4 is 0 Å². The van der Waals surface area contributed by atoms with Gasteiger partial charge in [-0.3, -0.25) is 4.79 Å². The Kier molecular flexibility index (Phi) is 4.93. The van der Waals surface area contributed by atoms with Gasteiger partial charge in [0, 0.05) is 10.6 Å². The lowest BCUT2D eigenvalue weighted by Crippen LogP contribution is -2.04. The van der Waals surface area contributed by atoms with Crippen LogP contribution in [0.15, 0.2) is 35.4 Å². The largest absolute Gasteiger partial charge is 0.288 e. The SMILES string of the molecule is CCC/C(C)=C(\C#N)C(=O)c1ccc(Cl)cc1. The molecule has 0 aliphatic heterocycles. The van der Waals surface area contributed by atoms with Crippen LogP contribution in [0.25, 0.3) is 0 Å². The first kappa shape index (κ1) is 13.5. The van der Waals surface area contributed by atoms with Gasteiger partial charge in [-0.05, 0) is 37.6 Å². The van der Waals surface area contributed by atoms with E-state index in [1.807, 2.05) is 19.9 Å². The summed E-state index contributed by atoms with van der Waals surface area (Å²) in [7, 11) is 0. The summed E-state index contributed by atoms with van der Waals surface area (Å²) in [5.74, 6) is -0.227. The van der Waals surface area contributed by atoms with E-state index in [1.165, 1.54) is 0 Å². The molecule has 2 nitrogen and oxygen atoms in total. The first-order valence-electron chi connectivity index (χ1n) is 5.50. The smallest absolute Gasteiger partial charge is 0.203 e. The number of hydrogen-bond acceptors (Lipinski definition) is 2. The summed E-state index contributed by atoms with van der Waals surface area (Å²) in [4.78, 5) is 12.1. The molecule has 0 atom stereocenters. The van der Waals surface area contributed by atoms with Crippen molar-refractivity contribution in [1.29, 1.82) is 5.26 Å². The van der Waals surface area contributed by atoms with Crippen LogP contribution in [0.3, 0.4) is 0 Å². The van der Waals surface area contributed by atoms with E-state index < -0.39 is 0 Å². The third kappa shape index (κ3) is 3.44. The molecule has 0 unspecified atom stereocenters. The Morgan fingerprint density at radius 1 is 1.35 bits per heavy atom. The predicted molar refractivity (Wildman–Crippen MR) is 69.0 cm³/mol. The fourth-order valence-corrected chi connectivity index (χ4v) is 1.71. The van der Waals surface area contributed by atoms with E-state index in [0.29, 0.717) is 10.6 Å². The van der Waals surface area contributed by atoms with Gasteiger partial charge < -0.3 is 0 Å². The lowest BCUT2D eigenvalue weighted by molar-refractivity contribution is 0.103. The van der Waals surface area contributed by atoms with Gasteiger partial charge in [0.2, 0.25) is 5.78 Å². The van der Waals surface area contributed by atoms with Gasteiger partial charge in [-0.25, -0.2) is 0 Å². The summed E-state index contributed by atoms with van der Waals surface area (Å²) in [5.41, 5.74) is 1.59. The number of nitrogens with zero attached hydrogens (tertiary/aromatic N) is 1. The van der Waals surface area contributed by atoms with Crippen LogP contribution in [0.1, 0.15) is 37.0 Å². The Balaban J connectivity index is 3.07. The summed E-state index contributed by atoms with van der Waals surface area (Å²) in [5, 5.41) is 9.63. The molecule has 3 heteroatoms. The van der Waals surface area contributed by atoms with Gasteiger partial charge >= 0.3 is 0 Å². The van der Waals surface area contributed by atoms with Gasteiger partial charge in [-0.1, -0.05) is 30.5 Å². The second kappa shape index (κ2) is 6.22. The van der Waals surface area contributed by atoms with Crippen molar-refractivity contribution in [2.24, 2.45) is 0 Å². The highest BCUT2D eigenvalue weighted by molar-refractivity contribution is 6.30. The topological polar surface area (TPSA) is 40.9 Å². The van der Waals surface area contributed by atoms with Crippen molar-refractivity contribution in [2.75, 3.05) is 0 Å². The second-order valence-electron chi connectivity index (χ2n) is 3.85. The van der Waals surface area contributed by atoms with Crippen molar-refractivity contribution >= 4 is 17.4 Å². The molecule has 0 saturated carbocycles. The molecule has 0 radical (unpaired) electrons. The number of ketones is 1. The monoisotopic (exact) mass is 247 g/mol. The van der Waals surface area contributed by atoms with Gasteiger partial charge in [0.25, 0.3) is 0 Å². The minimum Gasteiger partial charge on any atom is -0.288 e. The van der Waals surface area contributed by atoms with Crippen molar-refractivity contribution in [3.05, 3.63) is 46.0 Å². The Morgan fingerprint density at radius 3 is 2.41 bits per heavy atom. The molecule has 1 rings (SSSR count). The maximum Gasteiger partial charge on any atom is 0.203 e. The van der Waals surface area contributed by atoms with E-state index >= 15 is 0 Å². The maximum absolute atomic E-state index is 12.1. The number of carbonyl (C=O) groups is 1. The number of carbonyl (C=O) groups excluding carboxylic acids is 1. The summed E-state index contributed by atoms with van der Waals surface area (Å²) >= 11 is 5.75. The van der Waals surface area contributed by atoms with Crippen LogP contribution in [0, 0.1) is 11.3 Å². The Morgan fingerprint density at radius 2 is 1.94 bits per heavy atom. The van der Waals surface area contributed by atoms with E-state index in [2.05, 4.69) is 0 Å². The normalized spacial score (nSPS) is 11.6. The first-order valence-corrected chi connectivity index (χ1v) is 5.88. The van der Waals surface area contributed by atoms with Crippen LogP contribution in [-0.4, -0.2) is 5.78 Å². The van der Waals surface area contributed by atoms with Crippen LogP contribution in [-0.2, 0) is 0 Å². The molecule has 88 valence electrons. The summed E-state index contributed by atoms with van der Waals surface area (Å²) in [6, 6.07) is 8.58. The van der Waals surface area contributed by atoms with Crippen molar-refractivity contribution < 1.29 is 4.79 Å². The average molecular weight is 248 g/mol. The van der Waals surface area contributed by atoms with Gasteiger partial charge in [-0.15, -0.1) is 0 Å². The predicted octanol–water partition coefficient (Wildman–Crippen LogP) is 4.16. The zero-order chi connectivity index (χ0) is 12.8. The number of nitriles is 1. The first-order chi connectivity index (χ1) is 8.10.